The molecule has 0 radical (unpaired) electrons. The molecule has 0 heterocycles. The summed E-state index contributed by atoms with van der Waals surface area (Å²) in [5, 5.41) is 10.9. The highest BCUT2D eigenvalue weighted by Gasteiger charge is 2.65. The smallest absolute Gasteiger partial charge is 0.158 e. The predicted molar refractivity (Wildman–Crippen MR) is 87.1 cm³/mol. The van der Waals surface area contributed by atoms with Crippen LogP contribution in [0, 0.1) is 16.2 Å². The molecule has 120 valence electrons. The van der Waals surface area contributed by atoms with E-state index in [1.165, 1.54) is 6.42 Å². The summed E-state index contributed by atoms with van der Waals surface area (Å²) in [6.45, 7) is 14.2. The maximum atomic E-state index is 12.2. The minimum atomic E-state index is -0.520. The van der Waals surface area contributed by atoms with E-state index in [1.807, 2.05) is 13.8 Å². The lowest BCUT2D eigenvalue weighted by atomic mass is 9.38. The number of aliphatic hydroxyl groups is 1. The molecule has 0 aliphatic heterocycles. The molecule has 4 rings (SSSR count). The fourth-order valence-corrected chi connectivity index (χ4v) is 6.56. The summed E-state index contributed by atoms with van der Waals surface area (Å²) < 4.78 is 0. The number of Topliss-reactive ketones (excluding diaryl/α,β-unsaturated/α-hetero) is 1. The van der Waals surface area contributed by atoms with Gasteiger partial charge in [0, 0.05) is 6.42 Å². The minimum Gasteiger partial charge on any atom is -0.390 e. The van der Waals surface area contributed by atoms with Crippen molar-refractivity contribution in [3.63, 3.8) is 0 Å². The lowest BCUT2D eigenvalue weighted by molar-refractivity contribution is -0.225. The van der Waals surface area contributed by atoms with Gasteiger partial charge in [0.25, 0.3) is 0 Å². The van der Waals surface area contributed by atoms with E-state index in [9.17, 15) is 9.90 Å². The highest BCUT2D eigenvalue weighted by molar-refractivity contribution is 5.94. The van der Waals surface area contributed by atoms with E-state index < -0.39 is 5.60 Å². The van der Waals surface area contributed by atoms with Crippen LogP contribution in [0.15, 0.2) is 12.2 Å². The van der Waals surface area contributed by atoms with Gasteiger partial charge >= 0.3 is 0 Å². The molecule has 0 amide bonds. The molecule has 4 fully saturated rings. The molecule has 21 heavy (non-hydrogen) atoms. The third kappa shape index (κ3) is 2.97. The molecule has 2 unspecified atom stereocenters. The van der Waals surface area contributed by atoms with E-state index in [4.69, 9.17) is 0 Å². The average molecular weight is 292 g/mol. The van der Waals surface area contributed by atoms with Crippen molar-refractivity contribution in [3.05, 3.63) is 12.2 Å². The van der Waals surface area contributed by atoms with Crippen molar-refractivity contribution in [3.8, 4) is 0 Å². The second-order valence-electron chi connectivity index (χ2n) is 8.79. The zero-order chi connectivity index (χ0) is 16.1. The minimum absolute atomic E-state index is 0.0308. The SMILES string of the molecule is C=C(C)C(=O)CC12CC3(C)CC(C)(CC(O)(C3)C1)C2.CC. The zero-order valence-electron chi connectivity index (χ0n) is 14.5. The summed E-state index contributed by atoms with van der Waals surface area (Å²) in [5.41, 5.74) is 0.635. The monoisotopic (exact) mass is 292 g/mol. The van der Waals surface area contributed by atoms with Crippen LogP contribution in [0.3, 0.4) is 0 Å². The van der Waals surface area contributed by atoms with Gasteiger partial charge in [-0.15, -0.1) is 0 Å². The Morgan fingerprint density at radius 1 is 1.00 bits per heavy atom. The first kappa shape index (κ1) is 16.7. The second kappa shape index (κ2) is 4.94. The summed E-state index contributed by atoms with van der Waals surface area (Å²) in [7, 11) is 0. The van der Waals surface area contributed by atoms with Crippen molar-refractivity contribution in [1.29, 1.82) is 0 Å². The van der Waals surface area contributed by atoms with Gasteiger partial charge in [-0.05, 0) is 67.3 Å². The molecule has 4 saturated carbocycles. The van der Waals surface area contributed by atoms with Crippen molar-refractivity contribution in [2.45, 2.75) is 85.2 Å². The summed E-state index contributed by atoms with van der Waals surface area (Å²) in [6, 6.07) is 0. The Hall–Kier alpha value is -0.630. The van der Waals surface area contributed by atoms with E-state index in [0.717, 1.165) is 32.1 Å². The molecule has 2 atom stereocenters. The molecule has 0 spiro atoms. The largest absolute Gasteiger partial charge is 0.390 e. The number of carbonyl (C=O) groups is 1. The number of hydrogen-bond donors (Lipinski definition) is 1. The van der Waals surface area contributed by atoms with Gasteiger partial charge in [-0.2, -0.15) is 0 Å². The van der Waals surface area contributed by atoms with Crippen LogP contribution in [0.4, 0.5) is 0 Å². The van der Waals surface area contributed by atoms with Gasteiger partial charge in [-0.1, -0.05) is 34.3 Å². The molecule has 0 aromatic heterocycles. The van der Waals surface area contributed by atoms with Crippen LogP contribution in [0.1, 0.15) is 79.6 Å². The van der Waals surface area contributed by atoms with Crippen LogP contribution in [0.2, 0.25) is 0 Å². The van der Waals surface area contributed by atoms with Crippen molar-refractivity contribution < 1.29 is 9.90 Å². The zero-order valence-corrected chi connectivity index (χ0v) is 14.5. The Bertz CT molecular complexity index is 409. The van der Waals surface area contributed by atoms with Crippen molar-refractivity contribution in [2.75, 3.05) is 0 Å². The number of ketones is 1. The third-order valence-electron chi connectivity index (χ3n) is 5.68. The third-order valence-corrected chi connectivity index (χ3v) is 5.68. The fraction of sp³-hybridized carbons (Fsp3) is 0.842. The molecule has 2 heteroatoms. The van der Waals surface area contributed by atoms with E-state index in [1.54, 1.807) is 6.92 Å². The first-order valence-electron chi connectivity index (χ1n) is 8.48. The number of carbonyl (C=O) groups excluding carboxylic acids is 1. The molecule has 4 bridgehead atoms. The summed E-state index contributed by atoms with van der Waals surface area (Å²) in [6.07, 6.45) is 6.70. The first-order valence-corrected chi connectivity index (χ1v) is 8.48. The van der Waals surface area contributed by atoms with Gasteiger partial charge in [0.1, 0.15) is 0 Å². The summed E-state index contributed by atoms with van der Waals surface area (Å²) >= 11 is 0. The van der Waals surface area contributed by atoms with Gasteiger partial charge < -0.3 is 5.11 Å². The number of rotatable bonds is 3. The standard InChI is InChI=1S/C17H26O2.C2H6/c1-12(2)13(18)5-16-7-14(3)6-15(4,8-16)10-17(19,9-14)11-16;1-2/h19H,1,5-11H2,2-4H3;1-2H3. The van der Waals surface area contributed by atoms with Gasteiger partial charge in [0.2, 0.25) is 0 Å². The molecule has 2 nitrogen and oxygen atoms in total. The average Bonchev–Trinajstić information content (AvgIpc) is 2.23. The van der Waals surface area contributed by atoms with Gasteiger partial charge in [0.05, 0.1) is 5.60 Å². The van der Waals surface area contributed by atoms with Gasteiger partial charge in [0.15, 0.2) is 5.78 Å². The number of allylic oxidation sites excluding steroid dienone is 1. The van der Waals surface area contributed by atoms with Crippen LogP contribution >= 0.6 is 0 Å². The van der Waals surface area contributed by atoms with Crippen LogP contribution in [-0.2, 0) is 4.79 Å². The van der Waals surface area contributed by atoms with Crippen LogP contribution in [0.5, 0.6) is 0 Å². The van der Waals surface area contributed by atoms with Crippen LogP contribution in [0.25, 0.3) is 0 Å². The van der Waals surface area contributed by atoms with E-state index in [0.29, 0.717) is 12.0 Å². The van der Waals surface area contributed by atoms with Gasteiger partial charge in [-0.3, -0.25) is 4.79 Å². The van der Waals surface area contributed by atoms with Crippen LogP contribution in [-0.4, -0.2) is 16.5 Å². The summed E-state index contributed by atoms with van der Waals surface area (Å²) in [4.78, 5) is 12.2. The molecule has 4 aliphatic carbocycles. The van der Waals surface area contributed by atoms with E-state index >= 15 is 0 Å². The summed E-state index contributed by atoms with van der Waals surface area (Å²) in [5.74, 6) is 0.192. The Labute approximate surface area is 130 Å². The van der Waals surface area contributed by atoms with Crippen LogP contribution < -0.4 is 0 Å². The second-order valence-corrected chi connectivity index (χ2v) is 8.79. The molecule has 1 N–H and O–H groups in total. The first-order chi connectivity index (χ1) is 9.57. The normalized spacial score (nSPS) is 46.8. The van der Waals surface area contributed by atoms with Crippen molar-refractivity contribution >= 4 is 5.78 Å². The highest BCUT2D eigenvalue weighted by atomic mass is 16.3. The number of hydrogen-bond acceptors (Lipinski definition) is 2. The van der Waals surface area contributed by atoms with E-state index in [2.05, 4.69) is 20.4 Å². The quantitative estimate of drug-likeness (QED) is 0.768. The highest BCUT2D eigenvalue weighted by Crippen LogP contribution is 2.71. The maximum absolute atomic E-state index is 12.2. The molecule has 4 aliphatic rings. The van der Waals surface area contributed by atoms with Crippen molar-refractivity contribution in [2.24, 2.45) is 16.2 Å². The Balaban J connectivity index is 0.000000774. The maximum Gasteiger partial charge on any atom is 0.158 e. The Morgan fingerprint density at radius 2 is 1.48 bits per heavy atom. The molecular weight excluding hydrogens is 260 g/mol. The van der Waals surface area contributed by atoms with Crippen molar-refractivity contribution in [1.82, 2.24) is 0 Å². The molecule has 0 aromatic rings. The lowest BCUT2D eigenvalue weighted by Crippen LogP contribution is -2.63. The Kier molecular flexibility index (Phi) is 3.94. The topological polar surface area (TPSA) is 37.3 Å². The molecule has 0 aromatic carbocycles. The van der Waals surface area contributed by atoms with Gasteiger partial charge in [-0.25, -0.2) is 0 Å². The molecule has 0 saturated heterocycles. The molecular formula is C19H32O2. The Morgan fingerprint density at radius 3 is 1.86 bits per heavy atom. The van der Waals surface area contributed by atoms with E-state index in [-0.39, 0.29) is 22.0 Å². The predicted octanol–water partition coefficient (Wildman–Crippen LogP) is 4.66. The fourth-order valence-electron chi connectivity index (χ4n) is 6.56. The lowest BCUT2D eigenvalue weighted by Gasteiger charge is -2.68.